The summed E-state index contributed by atoms with van der Waals surface area (Å²) in [6.45, 7) is 0. The number of benzene rings is 8. The molecule has 60 heavy (non-hydrogen) atoms. The average Bonchev–Trinajstić information content (AvgIpc) is 3.66. The molecule has 0 amide bonds. The highest BCUT2D eigenvalue weighted by molar-refractivity contribution is 6.12. The van der Waals surface area contributed by atoms with Crippen LogP contribution in [0.1, 0.15) is 47.2 Å². The Morgan fingerprint density at radius 3 is 2.00 bits per heavy atom. The van der Waals surface area contributed by atoms with Crippen LogP contribution in [-0.2, 0) is 11.8 Å². The second-order valence-corrected chi connectivity index (χ2v) is 17.2. The molecule has 3 heteroatoms. The number of hydrogen-bond donors (Lipinski definition) is 0. The zero-order valence-electron chi connectivity index (χ0n) is 33.0. The van der Waals surface area contributed by atoms with Gasteiger partial charge >= 0.3 is 0 Å². The number of hydrogen-bond acceptors (Lipinski definition) is 1. The third kappa shape index (κ3) is 4.44. The zero-order valence-corrected chi connectivity index (χ0v) is 33.0. The summed E-state index contributed by atoms with van der Waals surface area (Å²) in [6.07, 6.45) is 6.98. The summed E-state index contributed by atoms with van der Waals surface area (Å²) in [4.78, 5) is 0. The van der Waals surface area contributed by atoms with Crippen molar-refractivity contribution in [1.29, 1.82) is 0 Å². The molecule has 3 heterocycles. The Balaban J connectivity index is 0.859. The van der Waals surface area contributed by atoms with Crippen LogP contribution in [0.25, 0.3) is 99.9 Å². The van der Waals surface area contributed by atoms with Gasteiger partial charge in [-0.3, -0.25) is 0 Å². The predicted octanol–water partition coefficient (Wildman–Crippen LogP) is 14.8. The lowest BCUT2D eigenvalue weighted by Gasteiger charge is -2.19. The maximum atomic E-state index is 6.19. The van der Waals surface area contributed by atoms with Crippen LogP contribution in [0.5, 0.6) is 0 Å². The Labute approximate surface area is 347 Å². The lowest BCUT2D eigenvalue weighted by molar-refractivity contribution is 0.669. The first-order chi connectivity index (χ1) is 29.7. The van der Waals surface area contributed by atoms with E-state index in [9.17, 15) is 0 Å². The molecular weight excluding hydrogens is 729 g/mol. The van der Waals surface area contributed by atoms with Gasteiger partial charge in [0.1, 0.15) is 11.2 Å². The van der Waals surface area contributed by atoms with E-state index in [0.717, 1.165) is 40.5 Å². The fourth-order valence-corrected chi connectivity index (χ4v) is 11.2. The van der Waals surface area contributed by atoms with Gasteiger partial charge in [-0.15, -0.1) is 0 Å². The molecule has 3 nitrogen and oxygen atoms in total. The minimum absolute atomic E-state index is 0.242. The van der Waals surface area contributed by atoms with E-state index in [-0.39, 0.29) is 5.41 Å². The molecule has 1 saturated carbocycles. The molecule has 282 valence electrons. The van der Waals surface area contributed by atoms with Crippen molar-refractivity contribution in [3.63, 3.8) is 0 Å². The highest BCUT2D eigenvalue weighted by atomic mass is 16.3. The number of aromatic nitrogens is 2. The third-order valence-corrected chi connectivity index (χ3v) is 14.1. The summed E-state index contributed by atoms with van der Waals surface area (Å²) in [7, 11) is 0. The molecule has 0 aliphatic heterocycles. The normalized spacial score (nSPS) is 15.0. The lowest BCUT2D eigenvalue weighted by atomic mass is 9.89. The Morgan fingerprint density at radius 1 is 0.417 bits per heavy atom. The summed E-state index contributed by atoms with van der Waals surface area (Å²) >= 11 is 0. The van der Waals surface area contributed by atoms with E-state index in [4.69, 9.17) is 4.42 Å². The monoisotopic (exact) mass is 766 g/mol. The number of fused-ring (bicyclic) bond motifs is 14. The van der Waals surface area contributed by atoms with Crippen molar-refractivity contribution >= 4 is 66.3 Å². The van der Waals surface area contributed by atoms with Crippen molar-refractivity contribution in [3.05, 3.63) is 204 Å². The van der Waals surface area contributed by atoms with E-state index < -0.39 is 0 Å². The summed E-state index contributed by atoms with van der Waals surface area (Å²) in [5.74, 6) is 0. The first-order valence-corrected chi connectivity index (χ1v) is 21.3. The molecule has 0 saturated heterocycles. The topological polar surface area (TPSA) is 23.0 Å². The second kappa shape index (κ2) is 11.9. The van der Waals surface area contributed by atoms with Crippen LogP contribution >= 0.6 is 0 Å². The van der Waals surface area contributed by atoms with Gasteiger partial charge in [-0.05, 0) is 143 Å². The Bertz CT molecular complexity index is 3680. The molecule has 0 bridgehead atoms. The Hall–Kier alpha value is -7.36. The molecule has 0 atom stereocenters. The highest BCUT2D eigenvalue weighted by Crippen LogP contribution is 2.62. The number of para-hydroxylation sites is 3. The summed E-state index contributed by atoms with van der Waals surface area (Å²) < 4.78 is 11.1. The van der Waals surface area contributed by atoms with Crippen LogP contribution in [0.3, 0.4) is 0 Å². The first-order valence-electron chi connectivity index (χ1n) is 21.3. The van der Waals surface area contributed by atoms with Crippen molar-refractivity contribution in [2.24, 2.45) is 0 Å². The summed E-state index contributed by atoms with van der Waals surface area (Å²) in [5.41, 5.74) is 21.9. The van der Waals surface area contributed by atoms with Gasteiger partial charge in [-0.25, -0.2) is 0 Å². The van der Waals surface area contributed by atoms with Gasteiger partial charge < -0.3 is 13.6 Å². The molecule has 0 N–H and O–H groups in total. The highest BCUT2D eigenvalue weighted by Gasteiger charge is 2.52. The first kappa shape index (κ1) is 32.6. The van der Waals surface area contributed by atoms with Crippen LogP contribution < -0.4 is 0 Å². The van der Waals surface area contributed by atoms with E-state index in [2.05, 4.69) is 179 Å². The van der Waals surface area contributed by atoms with Crippen molar-refractivity contribution < 1.29 is 4.42 Å². The van der Waals surface area contributed by atoms with E-state index in [1.165, 1.54) is 107 Å². The minimum Gasteiger partial charge on any atom is -0.456 e. The van der Waals surface area contributed by atoms with Crippen molar-refractivity contribution in [2.75, 3.05) is 0 Å². The zero-order chi connectivity index (χ0) is 39.1. The molecule has 3 aliphatic rings. The van der Waals surface area contributed by atoms with E-state index in [1.54, 1.807) is 0 Å². The van der Waals surface area contributed by atoms with Crippen LogP contribution in [0.15, 0.2) is 180 Å². The van der Waals surface area contributed by atoms with Gasteiger partial charge in [0.25, 0.3) is 0 Å². The number of allylic oxidation sites excluding steroid dienone is 1. The molecule has 3 aliphatic carbocycles. The van der Waals surface area contributed by atoms with Gasteiger partial charge in [0, 0.05) is 55.0 Å². The quantitative estimate of drug-likeness (QED) is 0.175. The standard InChI is InChI=1S/C57H38N2O/c1-5-16-49-41(12-1)45-33-39(22-24-50(45)57(49)28-29-57)58-51-17-6-2-13-42(51)46-31-37(20-25-53(46)58)35-10-9-11-36(30-35)38-21-26-54-47(32-38)43-14-3-7-18-52(43)59(54)40-23-27-56-48(34-40)44-15-4-8-19-55(44)60-56/h1-19,21-24,26-27,30-34H,20,25,28-29H2. The van der Waals surface area contributed by atoms with Crippen molar-refractivity contribution in [2.45, 2.75) is 31.1 Å². The van der Waals surface area contributed by atoms with E-state index >= 15 is 0 Å². The van der Waals surface area contributed by atoms with Crippen LogP contribution in [0.4, 0.5) is 0 Å². The molecule has 3 aromatic heterocycles. The van der Waals surface area contributed by atoms with Gasteiger partial charge in [-0.2, -0.15) is 0 Å². The molecule has 0 radical (unpaired) electrons. The molecule has 1 spiro atoms. The molecular formula is C57H38N2O. The van der Waals surface area contributed by atoms with Gasteiger partial charge in [0.2, 0.25) is 0 Å². The van der Waals surface area contributed by atoms with Gasteiger partial charge in [0.05, 0.1) is 16.6 Å². The fourth-order valence-electron chi connectivity index (χ4n) is 11.2. The third-order valence-electron chi connectivity index (χ3n) is 14.1. The van der Waals surface area contributed by atoms with E-state index in [0.29, 0.717) is 0 Å². The number of rotatable bonds is 4. The molecule has 14 rings (SSSR count). The smallest absolute Gasteiger partial charge is 0.135 e. The lowest BCUT2D eigenvalue weighted by Crippen LogP contribution is -2.06. The van der Waals surface area contributed by atoms with E-state index in [1.807, 2.05) is 12.1 Å². The SMILES string of the molecule is C1=C(c2cccc(-c3ccc4c(c3)c3ccccc3n4-c3ccc4oc5ccccc5c4c3)c2)CCc2c1c1ccccc1n2-c1ccc2c(c1)-c1ccccc1C21CC1. The average molecular weight is 767 g/mol. The summed E-state index contributed by atoms with van der Waals surface area (Å²) in [6, 6.07) is 65.2. The Morgan fingerprint density at radius 2 is 1.10 bits per heavy atom. The van der Waals surface area contributed by atoms with Crippen LogP contribution in [0.2, 0.25) is 0 Å². The van der Waals surface area contributed by atoms with Crippen molar-refractivity contribution in [1.82, 2.24) is 9.13 Å². The number of nitrogens with zero attached hydrogens (tertiary/aromatic N) is 2. The number of furan rings is 1. The fraction of sp³-hybridized carbons (Fsp3) is 0.0877. The van der Waals surface area contributed by atoms with Crippen LogP contribution in [-0.4, -0.2) is 9.13 Å². The van der Waals surface area contributed by atoms with Gasteiger partial charge in [0.15, 0.2) is 0 Å². The predicted molar refractivity (Wildman–Crippen MR) is 248 cm³/mol. The minimum atomic E-state index is 0.242. The molecule has 1 fully saturated rings. The summed E-state index contributed by atoms with van der Waals surface area (Å²) in [5, 5.41) is 6.10. The molecule has 8 aromatic carbocycles. The maximum absolute atomic E-state index is 6.19. The maximum Gasteiger partial charge on any atom is 0.135 e. The second-order valence-electron chi connectivity index (χ2n) is 17.2. The van der Waals surface area contributed by atoms with Crippen molar-refractivity contribution in [3.8, 4) is 33.6 Å². The molecule has 11 aromatic rings. The van der Waals surface area contributed by atoms with Crippen LogP contribution in [0, 0.1) is 0 Å². The Kier molecular flexibility index (Phi) is 6.44. The molecule has 0 unspecified atom stereocenters. The van der Waals surface area contributed by atoms with Gasteiger partial charge in [-0.1, -0.05) is 109 Å². The largest absolute Gasteiger partial charge is 0.456 e.